The predicted molar refractivity (Wildman–Crippen MR) is 66.8 cm³/mol. The maximum absolute atomic E-state index is 6.09. The zero-order valence-corrected chi connectivity index (χ0v) is 10.2. The van der Waals surface area contributed by atoms with Crippen molar-refractivity contribution >= 4 is 11.6 Å². The Kier molecular flexibility index (Phi) is 4.01. The van der Waals surface area contributed by atoms with E-state index in [2.05, 4.69) is 20.3 Å². The van der Waals surface area contributed by atoms with Crippen LogP contribution in [0.3, 0.4) is 0 Å². The lowest BCUT2D eigenvalue weighted by Crippen LogP contribution is -2.19. The molecule has 5 heteroatoms. The van der Waals surface area contributed by atoms with Crippen molar-refractivity contribution in [2.75, 3.05) is 7.05 Å². The molecule has 0 aliphatic rings. The van der Waals surface area contributed by atoms with Crippen LogP contribution in [0.1, 0.15) is 17.2 Å². The average molecular weight is 249 g/mol. The van der Waals surface area contributed by atoms with Gasteiger partial charge in [0.15, 0.2) is 0 Å². The summed E-state index contributed by atoms with van der Waals surface area (Å²) < 4.78 is 0. The van der Waals surface area contributed by atoms with Crippen LogP contribution in [0.15, 0.2) is 37.2 Å². The minimum Gasteiger partial charge on any atom is -0.313 e. The summed E-state index contributed by atoms with van der Waals surface area (Å²) in [6, 6.07) is 2.08. The highest BCUT2D eigenvalue weighted by Crippen LogP contribution is 2.21. The van der Waals surface area contributed by atoms with Crippen molar-refractivity contribution in [2.24, 2.45) is 0 Å². The molecule has 0 bridgehead atoms. The molecular formula is C12H13ClN4. The Bertz CT molecular complexity index is 475. The summed E-state index contributed by atoms with van der Waals surface area (Å²) >= 11 is 6.09. The molecule has 1 N–H and O–H groups in total. The molecule has 0 amide bonds. The zero-order chi connectivity index (χ0) is 12.1. The van der Waals surface area contributed by atoms with Gasteiger partial charge in [0.25, 0.3) is 0 Å². The lowest BCUT2D eigenvalue weighted by Gasteiger charge is -2.16. The molecule has 0 spiro atoms. The second kappa shape index (κ2) is 5.70. The highest BCUT2D eigenvalue weighted by Gasteiger charge is 2.12. The van der Waals surface area contributed by atoms with E-state index in [1.165, 1.54) is 6.33 Å². The number of hydrogen-bond acceptors (Lipinski definition) is 4. The van der Waals surface area contributed by atoms with Crippen LogP contribution in [0, 0.1) is 0 Å². The van der Waals surface area contributed by atoms with E-state index in [0.717, 1.165) is 17.5 Å². The Hall–Kier alpha value is -1.52. The summed E-state index contributed by atoms with van der Waals surface area (Å²) in [5.41, 5.74) is 2.10. The van der Waals surface area contributed by atoms with Gasteiger partial charge in [0.2, 0.25) is 0 Å². The average Bonchev–Trinajstić information content (AvgIpc) is 2.39. The van der Waals surface area contributed by atoms with E-state index in [-0.39, 0.29) is 6.04 Å². The van der Waals surface area contributed by atoms with Crippen LogP contribution in [0.25, 0.3) is 0 Å². The van der Waals surface area contributed by atoms with Crippen molar-refractivity contribution in [1.82, 2.24) is 20.3 Å². The van der Waals surface area contributed by atoms with Gasteiger partial charge in [-0.05, 0) is 25.1 Å². The highest BCUT2D eigenvalue weighted by molar-refractivity contribution is 6.31. The summed E-state index contributed by atoms with van der Waals surface area (Å²) in [7, 11) is 1.91. The van der Waals surface area contributed by atoms with Gasteiger partial charge in [-0.25, -0.2) is 9.97 Å². The Labute approximate surface area is 105 Å². The molecule has 88 valence electrons. The first kappa shape index (κ1) is 12.0. The number of pyridine rings is 1. The van der Waals surface area contributed by atoms with Gasteiger partial charge >= 0.3 is 0 Å². The summed E-state index contributed by atoms with van der Waals surface area (Å²) in [5.74, 6) is 0. The molecule has 0 aliphatic carbocycles. The molecule has 1 unspecified atom stereocenters. The molecule has 4 nitrogen and oxygen atoms in total. The van der Waals surface area contributed by atoms with Gasteiger partial charge in [-0.2, -0.15) is 0 Å². The van der Waals surface area contributed by atoms with E-state index in [1.807, 2.05) is 25.5 Å². The summed E-state index contributed by atoms with van der Waals surface area (Å²) in [6.07, 6.45) is 9.33. The first-order valence-corrected chi connectivity index (χ1v) is 5.69. The number of aromatic nitrogens is 3. The van der Waals surface area contributed by atoms with Crippen molar-refractivity contribution < 1.29 is 0 Å². The Balaban J connectivity index is 2.19. The summed E-state index contributed by atoms with van der Waals surface area (Å²) in [6.45, 7) is 0. The number of rotatable bonds is 4. The number of hydrogen-bond donors (Lipinski definition) is 1. The Morgan fingerprint density at radius 2 is 2.00 bits per heavy atom. The molecule has 2 heterocycles. The quantitative estimate of drug-likeness (QED) is 0.900. The normalized spacial score (nSPS) is 12.4. The van der Waals surface area contributed by atoms with E-state index >= 15 is 0 Å². The van der Waals surface area contributed by atoms with Gasteiger partial charge in [0.05, 0.1) is 5.02 Å². The fourth-order valence-corrected chi connectivity index (χ4v) is 1.86. The van der Waals surface area contributed by atoms with Crippen molar-refractivity contribution in [1.29, 1.82) is 0 Å². The molecule has 0 saturated heterocycles. The number of nitrogens with one attached hydrogen (secondary N) is 1. The monoisotopic (exact) mass is 248 g/mol. The second-order valence-corrected chi connectivity index (χ2v) is 4.09. The van der Waals surface area contributed by atoms with Crippen LogP contribution < -0.4 is 5.32 Å². The first-order chi connectivity index (χ1) is 8.31. The van der Waals surface area contributed by atoms with Gasteiger partial charge in [-0.15, -0.1) is 0 Å². The lowest BCUT2D eigenvalue weighted by atomic mass is 10.0. The van der Waals surface area contributed by atoms with E-state index in [1.54, 1.807) is 12.4 Å². The second-order valence-electron chi connectivity index (χ2n) is 3.68. The molecule has 0 radical (unpaired) electrons. The molecule has 2 rings (SSSR count). The summed E-state index contributed by atoms with van der Waals surface area (Å²) in [5, 5.41) is 3.92. The Morgan fingerprint density at radius 1 is 1.24 bits per heavy atom. The maximum atomic E-state index is 6.09. The third-order valence-electron chi connectivity index (χ3n) is 2.61. The maximum Gasteiger partial charge on any atom is 0.115 e. The molecule has 0 aromatic carbocycles. The first-order valence-electron chi connectivity index (χ1n) is 5.32. The third-order valence-corrected chi connectivity index (χ3v) is 2.95. The molecule has 17 heavy (non-hydrogen) atoms. The molecular weight excluding hydrogens is 236 g/mol. The minimum atomic E-state index is 0.149. The van der Waals surface area contributed by atoms with Crippen molar-refractivity contribution in [3.63, 3.8) is 0 Å². The van der Waals surface area contributed by atoms with Gasteiger partial charge in [0, 0.05) is 36.4 Å². The topological polar surface area (TPSA) is 50.7 Å². The molecule has 2 aromatic rings. The van der Waals surface area contributed by atoms with Crippen molar-refractivity contribution in [2.45, 2.75) is 12.5 Å². The number of likely N-dealkylation sites (N-methyl/N-ethyl adjacent to an activating group) is 1. The molecule has 1 atom stereocenters. The molecule has 0 saturated carbocycles. The third kappa shape index (κ3) is 2.99. The van der Waals surface area contributed by atoms with E-state index in [4.69, 9.17) is 11.6 Å². The number of halogens is 1. The van der Waals surface area contributed by atoms with Crippen molar-refractivity contribution in [3.8, 4) is 0 Å². The SMILES string of the molecule is CNC(Cc1ccncc1Cl)c1cncnc1. The molecule has 2 aromatic heterocycles. The molecule has 0 aliphatic heterocycles. The molecule has 0 fully saturated rings. The van der Waals surface area contributed by atoms with Crippen LogP contribution in [0.5, 0.6) is 0 Å². The van der Waals surface area contributed by atoms with Gasteiger partial charge < -0.3 is 5.32 Å². The largest absolute Gasteiger partial charge is 0.313 e. The summed E-state index contributed by atoms with van der Waals surface area (Å²) in [4.78, 5) is 12.0. The van der Waals surface area contributed by atoms with Gasteiger partial charge in [-0.1, -0.05) is 11.6 Å². The van der Waals surface area contributed by atoms with Crippen LogP contribution in [-0.4, -0.2) is 22.0 Å². The standard InChI is InChI=1S/C12H13ClN4/c1-14-12(10-5-16-8-17-6-10)4-9-2-3-15-7-11(9)13/h2-3,5-8,12,14H,4H2,1H3. The fourth-order valence-electron chi connectivity index (χ4n) is 1.67. The fraction of sp³-hybridized carbons (Fsp3) is 0.250. The van der Waals surface area contributed by atoms with Crippen LogP contribution in [0.2, 0.25) is 5.02 Å². The van der Waals surface area contributed by atoms with Gasteiger partial charge in [0.1, 0.15) is 6.33 Å². The van der Waals surface area contributed by atoms with E-state index in [9.17, 15) is 0 Å². The Morgan fingerprint density at radius 3 is 2.65 bits per heavy atom. The smallest absolute Gasteiger partial charge is 0.115 e. The lowest BCUT2D eigenvalue weighted by molar-refractivity contribution is 0.587. The van der Waals surface area contributed by atoms with Gasteiger partial charge in [-0.3, -0.25) is 4.98 Å². The zero-order valence-electron chi connectivity index (χ0n) is 9.47. The van der Waals surface area contributed by atoms with Crippen molar-refractivity contribution in [3.05, 3.63) is 53.3 Å². The van der Waals surface area contributed by atoms with E-state index in [0.29, 0.717) is 5.02 Å². The van der Waals surface area contributed by atoms with E-state index < -0.39 is 0 Å². The number of nitrogens with zero attached hydrogens (tertiary/aromatic N) is 3. The van der Waals surface area contributed by atoms with Crippen LogP contribution in [-0.2, 0) is 6.42 Å². The predicted octanol–water partition coefficient (Wildman–Crippen LogP) is 2.03. The minimum absolute atomic E-state index is 0.149. The van der Waals surface area contributed by atoms with Crippen LogP contribution in [0.4, 0.5) is 0 Å². The highest BCUT2D eigenvalue weighted by atomic mass is 35.5. The van der Waals surface area contributed by atoms with Crippen LogP contribution >= 0.6 is 11.6 Å².